The average Bonchev–Trinajstić information content (AvgIpc) is 2.23. The van der Waals surface area contributed by atoms with Gasteiger partial charge in [-0.05, 0) is 17.5 Å². The van der Waals surface area contributed by atoms with Crippen molar-refractivity contribution in [3.63, 3.8) is 0 Å². The Kier molecular flexibility index (Phi) is 5.62. The first-order valence-corrected chi connectivity index (χ1v) is 7.36. The van der Waals surface area contributed by atoms with Crippen LogP contribution in [0.5, 0.6) is 5.75 Å². The van der Waals surface area contributed by atoms with Gasteiger partial charge in [-0.15, -0.1) is 0 Å². The van der Waals surface area contributed by atoms with Crippen LogP contribution in [0.2, 0.25) is 10.0 Å². The molecule has 1 aromatic rings. The predicted molar refractivity (Wildman–Crippen MR) is 78.7 cm³/mol. The van der Waals surface area contributed by atoms with Gasteiger partial charge < -0.3 is 4.74 Å². The molecule has 0 saturated carbocycles. The Hall–Kier alpha value is 0.0800. The molecule has 4 heteroatoms. The van der Waals surface area contributed by atoms with Gasteiger partial charge >= 0.3 is 0 Å². The van der Waals surface area contributed by atoms with Crippen LogP contribution in [0.15, 0.2) is 18.2 Å². The van der Waals surface area contributed by atoms with Crippen LogP contribution in [0.1, 0.15) is 20.8 Å². The van der Waals surface area contributed by atoms with E-state index >= 15 is 0 Å². The predicted octanol–water partition coefficient (Wildman–Crippen LogP) is 5.43. The third kappa shape index (κ3) is 4.35. The molecule has 0 aliphatic carbocycles. The fourth-order valence-corrected chi connectivity index (χ4v) is 2.82. The minimum Gasteiger partial charge on any atom is -0.492 e. The van der Waals surface area contributed by atoms with E-state index in [1.165, 1.54) is 0 Å². The van der Waals surface area contributed by atoms with E-state index in [4.69, 9.17) is 27.9 Å². The Morgan fingerprint density at radius 1 is 1.29 bits per heavy atom. The van der Waals surface area contributed by atoms with Gasteiger partial charge in [0, 0.05) is 11.2 Å². The molecule has 0 heterocycles. The molecule has 1 nitrogen and oxygen atoms in total. The van der Waals surface area contributed by atoms with E-state index in [1.54, 1.807) is 6.07 Å². The SMILES string of the molecule is CC(C)(C)C(CBr)COc1cccc(Cl)c1Cl. The third-order valence-corrected chi connectivity index (χ3v) is 4.35. The summed E-state index contributed by atoms with van der Waals surface area (Å²) >= 11 is 15.5. The van der Waals surface area contributed by atoms with Crippen molar-refractivity contribution >= 4 is 39.1 Å². The average molecular weight is 340 g/mol. The molecule has 1 aromatic carbocycles. The van der Waals surface area contributed by atoms with E-state index in [9.17, 15) is 0 Å². The maximum absolute atomic E-state index is 6.07. The molecule has 0 aliphatic rings. The van der Waals surface area contributed by atoms with E-state index in [1.807, 2.05) is 12.1 Å². The zero-order chi connectivity index (χ0) is 13.1. The zero-order valence-corrected chi connectivity index (χ0v) is 13.4. The highest BCUT2D eigenvalue weighted by molar-refractivity contribution is 9.09. The first-order chi connectivity index (χ1) is 7.86. The smallest absolute Gasteiger partial charge is 0.139 e. The van der Waals surface area contributed by atoms with Gasteiger partial charge in [0.15, 0.2) is 0 Å². The summed E-state index contributed by atoms with van der Waals surface area (Å²) in [5, 5.41) is 1.90. The molecule has 0 radical (unpaired) electrons. The van der Waals surface area contributed by atoms with Crippen molar-refractivity contribution in [3.05, 3.63) is 28.2 Å². The quantitative estimate of drug-likeness (QED) is 0.664. The number of ether oxygens (including phenoxy) is 1. The summed E-state index contributed by atoms with van der Waals surface area (Å²) < 4.78 is 5.75. The van der Waals surface area contributed by atoms with Crippen LogP contribution in [-0.4, -0.2) is 11.9 Å². The number of rotatable bonds is 4. The summed E-state index contributed by atoms with van der Waals surface area (Å²) in [6.45, 7) is 7.21. The summed E-state index contributed by atoms with van der Waals surface area (Å²) in [4.78, 5) is 0. The van der Waals surface area contributed by atoms with E-state index in [2.05, 4.69) is 36.7 Å². The Bertz CT molecular complexity index is 374. The van der Waals surface area contributed by atoms with E-state index < -0.39 is 0 Å². The Morgan fingerprint density at radius 2 is 1.94 bits per heavy atom. The summed E-state index contributed by atoms with van der Waals surface area (Å²) in [6.07, 6.45) is 0. The minimum atomic E-state index is 0.189. The minimum absolute atomic E-state index is 0.189. The van der Waals surface area contributed by atoms with Crippen LogP contribution in [0.3, 0.4) is 0 Å². The molecule has 0 amide bonds. The molecule has 0 aliphatic heterocycles. The standard InChI is InChI=1S/C13H17BrCl2O/c1-13(2,3)9(7-14)8-17-11-6-4-5-10(15)12(11)16/h4-6,9H,7-8H2,1-3H3. The molecule has 1 unspecified atom stereocenters. The van der Waals surface area contributed by atoms with Crippen molar-refractivity contribution in [3.8, 4) is 5.75 Å². The molecule has 1 atom stereocenters. The van der Waals surface area contributed by atoms with Gasteiger partial charge in [-0.25, -0.2) is 0 Å². The van der Waals surface area contributed by atoms with Crippen molar-refractivity contribution in [2.45, 2.75) is 20.8 Å². The normalized spacial score (nSPS) is 13.5. The zero-order valence-electron chi connectivity index (χ0n) is 10.3. The number of alkyl halides is 1. The van der Waals surface area contributed by atoms with E-state index in [0.29, 0.717) is 28.3 Å². The lowest BCUT2D eigenvalue weighted by molar-refractivity contribution is 0.166. The molecular weight excluding hydrogens is 323 g/mol. The van der Waals surface area contributed by atoms with Gasteiger partial charge in [0.05, 0.1) is 11.6 Å². The van der Waals surface area contributed by atoms with Gasteiger partial charge in [-0.2, -0.15) is 0 Å². The second-order valence-corrected chi connectivity index (χ2v) is 6.51. The lowest BCUT2D eigenvalue weighted by Crippen LogP contribution is -2.27. The first-order valence-electron chi connectivity index (χ1n) is 5.49. The van der Waals surface area contributed by atoms with Crippen LogP contribution in [0, 0.1) is 11.3 Å². The van der Waals surface area contributed by atoms with Crippen molar-refractivity contribution in [1.82, 2.24) is 0 Å². The fourth-order valence-electron chi connectivity index (χ4n) is 1.31. The van der Waals surface area contributed by atoms with Crippen LogP contribution >= 0.6 is 39.1 Å². The molecule has 0 fully saturated rings. The molecule has 0 aromatic heterocycles. The summed E-state index contributed by atoms with van der Waals surface area (Å²) in [5.41, 5.74) is 0.189. The van der Waals surface area contributed by atoms with E-state index in [0.717, 1.165) is 5.33 Å². The van der Waals surface area contributed by atoms with Crippen LogP contribution < -0.4 is 4.74 Å². The molecule has 0 spiro atoms. The van der Waals surface area contributed by atoms with Gasteiger partial charge in [0.25, 0.3) is 0 Å². The second-order valence-electron chi connectivity index (χ2n) is 5.08. The number of halogens is 3. The Labute approximate surface area is 122 Å². The number of hydrogen-bond donors (Lipinski definition) is 0. The second kappa shape index (κ2) is 6.31. The lowest BCUT2D eigenvalue weighted by Gasteiger charge is -2.29. The number of hydrogen-bond acceptors (Lipinski definition) is 1. The molecule has 1 rings (SSSR count). The molecule has 0 bridgehead atoms. The highest BCUT2D eigenvalue weighted by atomic mass is 79.9. The molecule has 96 valence electrons. The fraction of sp³-hybridized carbons (Fsp3) is 0.538. The highest BCUT2D eigenvalue weighted by Crippen LogP contribution is 2.33. The monoisotopic (exact) mass is 338 g/mol. The van der Waals surface area contributed by atoms with E-state index in [-0.39, 0.29) is 5.41 Å². The Morgan fingerprint density at radius 3 is 2.47 bits per heavy atom. The van der Waals surface area contributed by atoms with Crippen LogP contribution in [0.4, 0.5) is 0 Å². The Balaban J connectivity index is 2.70. The highest BCUT2D eigenvalue weighted by Gasteiger charge is 2.24. The topological polar surface area (TPSA) is 9.23 Å². The van der Waals surface area contributed by atoms with Crippen molar-refractivity contribution in [2.75, 3.05) is 11.9 Å². The summed E-state index contributed by atoms with van der Waals surface area (Å²) in [5.74, 6) is 1.06. The first kappa shape index (κ1) is 15.1. The molecule has 17 heavy (non-hydrogen) atoms. The van der Waals surface area contributed by atoms with Crippen molar-refractivity contribution < 1.29 is 4.74 Å². The summed E-state index contributed by atoms with van der Waals surface area (Å²) in [6, 6.07) is 5.43. The van der Waals surface area contributed by atoms with Crippen LogP contribution in [-0.2, 0) is 0 Å². The van der Waals surface area contributed by atoms with Crippen molar-refractivity contribution in [1.29, 1.82) is 0 Å². The molecular formula is C13H17BrCl2O. The van der Waals surface area contributed by atoms with Gasteiger partial charge in [0.1, 0.15) is 10.8 Å². The lowest BCUT2D eigenvalue weighted by atomic mass is 9.83. The maximum atomic E-state index is 6.07. The maximum Gasteiger partial charge on any atom is 0.139 e. The molecule has 0 N–H and O–H groups in total. The van der Waals surface area contributed by atoms with Gasteiger partial charge in [0.2, 0.25) is 0 Å². The summed E-state index contributed by atoms with van der Waals surface area (Å²) in [7, 11) is 0. The largest absolute Gasteiger partial charge is 0.492 e. The van der Waals surface area contributed by atoms with Crippen molar-refractivity contribution in [2.24, 2.45) is 11.3 Å². The van der Waals surface area contributed by atoms with Gasteiger partial charge in [-0.3, -0.25) is 0 Å². The molecule has 0 saturated heterocycles. The van der Waals surface area contributed by atoms with Crippen LogP contribution in [0.25, 0.3) is 0 Å². The third-order valence-electron chi connectivity index (χ3n) is 2.77. The van der Waals surface area contributed by atoms with Gasteiger partial charge in [-0.1, -0.05) is 66.0 Å². The number of benzene rings is 1.